The van der Waals surface area contributed by atoms with Gasteiger partial charge in [-0.15, -0.1) is 0 Å². The summed E-state index contributed by atoms with van der Waals surface area (Å²) in [7, 11) is 8.91. The molecule has 422 valence electrons. The number of rotatable bonds is 18. The van der Waals surface area contributed by atoms with Crippen molar-refractivity contribution in [1.82, 2.24) is 54.0 Å². The molecule has 7 heterocycles. The van der Waals surface area contributed by atoms with Gasteiger partial charge in [-0.25, -0.2) is 19.9 Å². The highest BCUT2D eigenvalue weighted by atomic mass is 16.5. The molecule has 0 radical (unpaired) electrons. The predicted octanol–water partition coefficient (Wildman–Crippen LogP) is 7.42. The molecule has 2 amide bonds. The molecule has 2 aliphatic heterocycles. The predicted molar refractivity (Wildman–Crippen MR) is 309 cm³/mol. The molecule has 0 bridgehead atoms. The number of imidazole rings is 2. The van der Waals surface area contributed by atoms with Crippen LogP contribution >= 0.6 is 0 Å². The van der Waals surface area contributed by atoms with Crippen LogP contribution in [-0.4, -0.2) is 148 Å². The Bertz CT molecular complexity index is 2780. The lowest BCUT2D eigenvalue weighted by molar-refractivity contribution is -0.142. The molecule has 8 rings (SSSR count). The Kier molecular flexibility index (Phi) is 26.9. The number of aromatic nitrogens is 8. The van der Waals surface area contributed by atoms with Crippen molar-refractivity contribution in [3.05, 3.63) is 89.1 Å². The number of piperidine rings is 1. The highest BCUT2D eigenvalue weighted by molar-refractivity contribution is 5.95. The fourth-order valence-corrected chi connectivity index (χ4v) is 9.01. The number of nitrogens with zero attached hydrogens (tertiary/aromatic N) is 10. The zero-order valence-corrected chi connectivity index (χ0v) is 48.0. The number of benzene rings is 1. The van der Waals surface area contributed by atoms with Crippen LogP contribution in [0.15, 0.2) is 53.6 Å². The Balaban J connectivity index is 0.000000453. The second kappa shape index (κ2) is 32.4. The third kappa shape index (κ3) is 17.7. The van der Waals surface area contributed by atoms with E-state index in [9.17, 15) is 19.2 Å². The zero-order valence-electron chi connectivity index (χ0n) is 48.0. The number of aldehydes is 2. The minimum absolute atomic E-state index is 0.0545. The van der Waals surface area contributed by atoms with Gasteiger partial charge in [0, 0.05) is 90.9 Å². The lowest BCUT2D eigenvalue weighted by Crippen LogP contribution is -2.63. The van der Waals surface area contributed by atoms with Crippen LogP contribution in [0.3, 0.4) is 0 Å². The fourth-order valence-electron chi connectivity index (χ4n) is 9.01. The number of nitrogens with one attached hydrogen (secondary N) is 3. The van der Waals surface area contributed by atoms with Crippen LogP contribution in [0, 0.1) is 25.2 Å². The number of aryl methyl sites for hydroxylation is 4. The van der Waals surface area contributed by atoms with Crippen molar-refractivity contribution >= 4 is 64.6 Å². The van der Waals surface area contributed by atoms with E-state index in [1.165, 1.54) is 26.1 Å². The SMILES string of the molecule is C=Cc1cc(OCCCN2CC3(CCCN(C(=O)C(C)C)C3)C2)c2c(c1)nc(NC)n2C/C=C/Cn1c(NC)nc2cc(C(N)=O)cnc21.CCC.CCc1nc(C)oc1C=O.CCn1nc(C)cc1C=O.CN.CNC. The topological polar surface area (TPSA) is 264 Å². The van der Waals surface area contributed by atoms with Crippen LogP contribution in [0.25, 0.3) is 28.3 Å². The van der Waals surface area contributed by atoms with E-state index in [1.54, 1.807) is 30.8 Å². The van der Waals surface area contributed by atoms with E-state index >= 15 is 0 Å². The van der Waals surface area contributed by atoms with Gasteiger partial charge in [0.2, 0.25) is 23.7 Å². The Morgan fingerprint density at radius 2 is 1.53 bits per heavy atom. The number of oxazole rings is 1. The van der Waals surface area contributed by atoms with Crippen molar-refractivity contribution in [2.45, 2.75) is 107 Å². The van der Waals surface area contributed by atoms with Crippen molar-refractivity contribution in [3.63, 3.8) is 0 Å². The molecule has 77 heavy (non-hydrogen) atoms. The number of anilines is 2. The van der Waals surface area contributed by atoms with Crippen molar-refractivity contribution in [2.24, 2.45) is 22.8 Å². The standard InChI is InChI=1S/C36H48N10O3.C7H10N2O.C7H9NO2.C3H8.C2H7N.CH5N/c1-6-25-17-27-30(29(18-25)49-16-10-12-43-21-36(22-43)11-9-13-44(23-36)33(48)24(2)3)45(34(38-4)41-27)14-7-8-15-46-32-28(42-35(46)39-5)19-26(20-40-32)31(37)47;1-3-9-7(5-10)4-6(2)8-9;1-3-6-7(4-9)10-5(2)8-6;2*1-3-2;1-2/h6-8,17-20,24H,1,9-16,21-23H2,2-5H3,(H2,37,47)(H,38,41)(H,39,42);4-5H,3H2,1-2H3;4H,3H2,1-2H3;3H2,1-2H3;3H,1-2H3;2H2,1H3/b8-7+;;;;;. The lowest BCUT2D eigenvalue weighted by Gasteiger charge is -2.55. The minimum Gasteiger partial charge on any atom is -0.491 e. The first-order chi connectivity index (χ1) is 37.0. The molecule has 0 saturated carbocycles. The van der Waals surface area contributed by atoms with Gasteiger partial charge in [0.15, 0.2) is 29.9 Å². The van der Waals surface area contributed by atoms with Gasteiger partial charge in [0.25, 0.3) is 0 Å². The first kappa shape index (κ1) is 64.1. The summed E-state index contributed by atoms with van der Waals surface area (Å²) < 4.78 is 17.2. The molecule has 2 fully saturated rings. The molecular weight excluding hydrogens is 979 g/mol. The lowest BCUT2D eigenvalue weighted by atomic mass is 9.73. The van der Waals surface area contributed by atoms with E-state index in [-0.39, 0.29) is 17.2 Å². The van der Waals surface area contributed by atoms with Crippen molar-refractivity contribution < 1.29 is 28.3 Å². The summed E-state index contributed by atoms with van der Waals surface area (Å²) in [6, 6.07) is 7.48. The van der Waals surface area contributed by atoms with Gasteiger partial charge in [-0.05, 0) is 90.5 Å². The van der Waals surface area contributed by atoms with Crippen molar-refractivity contribution in [3.8, 4) is 5.75 Å². The van der Waals surface area contributed by atoms with Crippen LogP contribution in [0.2, 0.25) is 0 Å². The third-order valence-corrected chi connectivity index (χ3v) is 12.2. The van der Waals surface area contributed by atoms with Gasteiger partial charge in [-0.3, -0.25) is 28.4 Å². The van der Waals surface area contributed by atoms with E-state index in [2.05, 4.69) is 88.7 Å². The highest BCUT2D eigenvalue weighted by Gasteiger charge is 2.46. The van der Waals surface area contributed by atoms with Gasteiger partial charge in [0.1, 0.15) is 22.5 Å². The second-order valence-electron chi connectivity index (χ2n) is 18.9. The van der Waals surface area contributed by atoms with Crippen LogP contribution < -0.4 is 32.2 Å². The monoisotopic (exact) mass is 1070 g/mol. The Hall–Kier alpha value is -7.23. The van der Waals surface area contributed by atoms with Crippen LogP contribution in [0.5, 0.6) is 5.75 Å². The minimum atomic E-state index is -0.539. The normalized spacial score (nSPS) is 13.4. The van der Waals surface area contributed by atoms with Gasteiger partial charge in [-0.2, -0.15) is 5.10 Å². The number of pyridine rings is 1. The van der Waals surface area contributed by atoms with E-state index in [0.717, 1.165) is 104 Å². The van der Waals surface area contributed by atoms with Crippen molar-refractivity contribution in [2.75, 3.05) is 85.2 Å². The largest absolute Gasteiger partial charge is 0.491 e. The number of likely N-dealkylation sites (tertiary alicyclic amines) is 2. The van der Waals surface area contributed by atoms with E-state index in [1.807, 2.05) is 78.5 Å². The molecule has 6 aromatic rings. The number of carbonyl (C=O) groups excluding carboxylic acids is 4. The number of amides is 2. The second-order valence-corrected chi connectivity index (χ2v) is 18.9. The first-order valence-electron chi connectivity index (χ1n) is 26.6. The average Bonchev–Trinajstić information content (AvgIpc) is 4.20. The number of allylic oxidation sites excluding steroid dienone is 2. The quantitative estimate of drug-likeness (QED) is 0.0318. The number of nitrogens with two attached hydrogens (primary N) is 2. The van der Waals surface area contributed by atoms with Crippen LogP contribution in [0.4, 0.5) is 11.9 Å². The molecule has 0 atom stereocenters. The summed E-state index contributed by atoms with van der Waals surface area (Å²) in [5, 5.41) is 13.2. The highest BCUT2D eigenvalue weighted by Crippen LogP contribution is 2.39. The molecule has 0 aliphatic carbocycles. The van der Waals surface area contributed by atoms with Gasteiger partial charge >= 0.3 is 0 Å². The maximum Gasteiger partial charge on any atom is 0.250 e. The van der Waals surface area contributed by atoms with Crippen LogP contribution in [-0.2, 0) is 30.8 Å². The number of carbonyl (C=O) groups is 4. The summed E-state index contributed by atoms with van der Waals surface area (Å²) in [5.74, 6) is 2.86. The Morgan fingerprint density at radius 1 is 0.896 bits per heavy atom. The number of fused-ring (bicyclic) bond motifs is 2. The average molecular weight is 1070 g/mol. The maximum absolute atomic E-state index is 12.6. The number of hydrogen-bond donors (Lipinski definition) is 5. The van der Waals surface area contributed by atoms with Gasteiger partial charge in [-0.1, -0.05) is 65.8 Å². The molecule has 5 aromatic heterocycles. The summed E-state index contributed by atoms with van der Waals surface area (Å²) in [5.41, 5.74) is 16.8. The zero-order chi connectivity index (χ0) is 57.2. The Labute approximate surface area is 455 Å². The number of ether oxygens (including phenoxy) is 1. The summed E-state index contributed by atoms with van der Waals surface area (Å²) in [6.45, 7) is 27.0. The van der Waals surface area contributed by atoms with Gasteiger partial charge in [0.05, 0.1) is 29.1 Å². The third-order valence-electron chi connectivity index (χ3n) is 12.2. The summed E-state index contributed by atoms with van der Waals surface area (Å²) in [4.78, 5) is 67.3. The Morgan fingerprint density at radius 3 is 2.08 bits per heavy atom. The molecule has 21 nitrogen and oxygen atoms in total. The first-order valence-corrected chi connectivity index (χ1v) is 26.6. The molecule has 1 spiro atoms. The van der Waals surface area contributed by atoms with E-state index in [0.29, 0.717) is 66.0 Å². The van der Waals surface area contributed by atoms with E-state index < -0.39 is 5.91 Å². The molecule has 7 N–H and O–H groups in total. The summed E-state index contributed by atoms with van der Waals surface area (Å²) >= 11 is 0. The maximum atomic E-state index is 12.6. The molecule has 2 saturated heterocycles. The number of hydrogen-bond acceptors (Lipinski definition) is 16. The molecule has 1 aromatic carbocycles. The molecular formula is C56H87N15O6. The smallest absolute Gasteiger partial charge is 0.250 e. The van der Waals surface area contributed by atoms with Gasteiger partial charge < -0.3 is 50.9 Å². The summed E-state index contributed by atoms with van der Waals surface area (Å²) in [6.07, 6.45) is 14.1. The molecule has 2 aliphatic rings. The van der Waals surface area contributed by atoms with Crippen molar-refractivity contribution in [1.29, 1.82) is 0 Å². The molecule has 0 unspecified atom stereocenters. The van der Waals surface area contributed by atoms with E-state index in [4.69, 9.17) is 19.9 Å². The fraction of sp³-hybridized carbons (Fsp3) is 0.518. The van der Waals surface area contributed by atoms with Crippen LogP contribution in [0.1, 0.15) is 121 Å². The number of primary amides is 1. The molecule has 21 heteroatoms.